The third-order valence-electron chi connectivity index (χ3n) is 6.53. The highest BCUT2D eigenvalue weighted by molar-refractivity contribution is 7.17. The Morgan fingerprint density at radius 3 is 2.74 bits per heavy atom. The van der Waals surface area contributed by atoms with Crippen LogP contribution in [0, 0.1) is 17.8 Å². The molecule has 1 unspecified atom stereocenters. The summed E-state index contributed by atoms with van der Waals surface area (Å²) in [5.74, 6) is 1.97. The number of carbonyl (C=O) groups excluding carboxylic acids is 2. The first-order chi connectivity index (χ1) is 15.1. The van der Waals surface area contributed by atoms with Gasteiger partial charge in [0.1, 0.15) is 11.3 Å². The van der Waals surface area contributed by atoms with Gasteiger partial charge in [-0.2, -0.15) is 0 Å². The molecule has 5 rings (SSSR count). The predicted molar refractivity (Wildman–Crippen MR) is 120 cm³/mol. The van der Waals surface area contributed by atoms with Crippen molar-refractivity contribution in [2.45, 2.75) is 58.4 Å². The number of amides is 2. The summed E-state index contributed by atoms with van der Waals surface area (Å²) < 4.78 is 1.99. The Balaban J connectivity index is 1.32. The molecule has 2 aromatic rings. The molecule has 3 aliphatic rings. The highest BCUT2D eigenvalue weighted by Gasteiger charge is 2.34. The number of rotatable bonds is 9. The summed E-state index contributed by atoms with van der Waals surface area (Å²) in [5, 5.41) is 18.5. The summed E-state index contributed by atoms with van der Waals surface area (Å²) >= 11 is 1.60. The molecule has 8 nitrogen and oxygen atoms in total. The molecule has 2 aromatic heterocycles. The van der Waals surface area contributed by atoms with Crippen molar-refractivity contribution in [3.8, 4) is 0 Å². The number of fused-ring (bicyclic) bond motifs is 1. The SMILES string of the molecule is CCn1cnnc1NCC1CCc2sc(NC(=O)C3CC3)c(C(=O)NCC3CC3)c2C1. The number of thiophene rings is 1. The van der Waals surface area contributed by atoms with Crippen LogP contribution in [0.1, 0.15) is 59.8 Å². The molecule has 0 bridgehead atoms. The van der Waals surface area contributed by atoms with E-state index >= 15 is 0 Å². The zero-order chi connectivity index (χ0) is 21.4. The maximum Gasteiger partial charge on any atom is 0.254 e. The lowest BCUT2D eigenvalue weighted by molar-refractivity contribution is -0.117. The molecule has 2 fully saturated rings. The lowest BCUT2D eigenvalue weighted by atomic mass is 9.86. The second-order valence-electron chi connectivity index (χ2n) is 9.06. The van der Waals surface area contributed by atoms with Crippen molar-refractivity contribution in [2.24, 2.45) is 17.8 Å². The van der Waals surface area contributed by atoms with Crippen molar-refractivity contribution in [3.63, 3.8) is 0 Å². The van der Waals surface area contributed by atoms with Crippen LogP contribution < -0.4 is 16.0 Å². The highest BCUT2D eigenvalue weighted by Crippen LogP contribution is 2.41. The van der Waals surface area contributed by atoms with E-state index in [4.69, 9.17) is 0 Å². The third-order valence-corrected chi connectivity index (χ3v) is 7.74. The molecule has 9 heteroatoms. The highest BCUT2D eigenvalue weighted by atomic mass is 32.1. The van der Waals surface area contributed by atoms with Gasteiger partial charge >= 0.3 is 0 Å². The van der Waals surface area contributed by atoms with Crippen LogP contribution in [0.2, 0.25) is 0 Å². The fraction of sp³-hybridized carbons (Fsp3) is 0.636. The van der Waals surface area contributed by atoms with Gasteiger partial charge in [0, 0.05) is 30.4 Å². The molecule has 0 aliphatic heterocycles. The van der Waals surface area contributed by atoms with E-state index in [1.165, 1.54) is 17.7 Å². The number of nitrogens with one attached hydrogen (secondary N) is 3. The zero-order valence-electron chi connectivity index (χ0n) is 17.9. The minimum absolute atomic E-state index is 0.0326. The number of hydrogen-bond acceptors (Lipinski definition) is 6. The Hall–Kier alpha value is -2.42. The van der Waals surface area contributed by atoms with Gasteiger partial charge in [-0.05, 0) is 69.3 Å². The number of nitrogens with zero attached hydrogens (tertiary/aromatic N) is 3. The van der Waals surface area contributed by atoms with Crippen LogP contribution in [0.5, 0.6) is 0 Å². The molecular weight excluding hydrogens is 412 g/mol. The first-order valence-corrected chi connectivity index (χ1v) is 12.3. The fourth-order valence-corrected chi connectivity index (χ4v) is 5.47. The van der Waals surface area contributed by atoms with Gasteiger partial charge in [0.2, 0.25) is 11.9 Å². The van der Waals surface area contributed by atoms with E-state index in [9.17, 15) is 9.59 Å². The number of carbonyl (C=O) groups is 2. The largest absolute Gasteiger partial charge is 0.354 e. The quantitative estimate of drug-likeness (QED) is 0.554. The summed E-state index contributed by atoms with van der Waals surface area (Å²) in [6.45, 7) is 4.42. The number of hydrogen-bond donors (Lipinski definition) is 3. The first-order valence-electron chi connectivity index (χ1n) is 11.5. The van der Waals surface area contributed by atoms with Gasteiger partial charge in [-0.3, -0.25) is 9.59 Å². The molecule has 2 amide bonds. The van der Waals surface area contributed by atoms with Crippen molar-refractivity contribution < 1.29 is 9.59 Å². The van der Waals surface area contributed by atoms with Crippen LogP contribution in [-0.4, -0.2) is 39.7 Å². The van der Waals surface area contributed by atoms with E-state index in [1.807, 2.05) is 4.57 Å². The van der Waals surface area contributed by atoms with E-state index in [1.54, 1.807) is 17.7 Å². The van der Waals surface area contributed by atoms with Gasteiger partial charge in [-0.1, -0.05) is 0 Å². The van der Waals surface area contributed by atoms with Crippen molar-refractivity contribution in [1.29, 1.82) is 0 Å². The van der Waals surface area contributed by atoms with Crippen molar-refractivity contribution in [3.05, 3.63) is 22.3 Å². The third kappa shape index (κ3) is 4.61. The van der Waals surface area contributed by atoms with Crippen molar-refractivity contribution >= 4 is 34.1 Å². The summed E-state index contributed by atoms with van der Waals surface area (Å²) in [6, 6.07) is 0. The Morgan fingerprint density at radius 1 is 1.16 bits per heavy atom. The molecule has 0 saturated heterocycles. The second-order valence-corrected chi connectivity index (χ2v) is 10.2. The average molecular weight is 443 g/mol. The Labute approximate surface area is 186 Å². The summed E-state index contributed by atoms with van der Waals surface area (Å²) in [6.07, 6.45) is 8.87. The fourth-order valence-electron chi connectivity index (χ4n) is 4.22. The predicted octanol–water partition coefficient (Wildman–Crippen LogP) is 3.06. The topological polar surface area (TPSA) is 101 Å². The van der Waals surface area contributed by atoms with Gasteiger partial charge in [0.15, 0.2) is 0 Å². The van der Waals surface area contributed by atoms with E-state index in [0.29, 0.717) is 17.4 Å². The van der Waals surface area contributed by atoms with Crippen molar-refractivity contribution in [1.82, 2.24) is 20.1 Å². The van der Waals surface area contributed by atoms with Gasteiger partial charge in [-0.15, -0.1) is 21.5 Å². The number of anilines is 2. The zero-order valence-corrected chi connectivity index (χ0v) is 18.8. The molecule has 166 valence electrons. The molecule has 0 spiro atoms. The second kappa shape index (κ2) is 8.61. The van der Waals surface area contributed by atoms with Crippen LogP contribution >= 0.6 is 11.3 Å². The molecule has 0 aromatic carbocycles. The molecular formula is C22H30N6O2S. The molecule has 31 heavy (non-hydrogen) atoms. The van der Waals surface area contributed by atoms with E-state index in [0.717, 1.165) is 68.3 Å². The smallest absolute Gasteiger partial charge is 0.254 e. The van der Waals surface area contributed by atoms with Gasteiger partial charge in [-0.25, -0.2) is 0 Å². The van der Waals surface area contributed by atoms with E-state index < -0.39 is 0 Å². The normalized spacial score (nSPS) is 20.2. The maximum atomic E-state index is 13.1. The molecule has 2 saturated carbocycles. The molecule has 0 radical (unpaired) electrons. The maximum absolute atomic E-state index is 13.1. The Kier molecular flexibility index (Phi) is 5.69. The van der Waals surface area contributed by atoms with Gasteiger partial charge < -0.3 is 20.5 Å². The van der Waals surface area contributed by atoms with Crippen LogP contribution in [0.4, 0.5) is 10.9 Å². The number of aromatic nitrogens is 3. The van der Waals surface area contributed by atoms with Crippen LogP contribution in [0.25, 0.3) is 0 Å². The van der Waals surface area contributed by atoms with Crippen molar-refractivity contribution in [2.75, 3.05) is 23.7 Å². The first kappa shape index (κ1) is 20.5. The molecule has 1 atom stereocenters. The van der Waals surface area contributed by atoms with E-state index in [-0.39, 0.29) is 17.7 Å². The minimum Gasteiger partial charge on any atom is -0.354 e. The monoisotopic (exact) mass is 442 g/mol. The standard InChI is InChI=1S/C22H30N6O2S/c1-2-28-12-25-27-22(28)24-11-14-5-8-17-16(9-14)18(20(30)23-10-13-3-4-13)21(31-17)26-19(29)15-6-7-15/h12-15H,2-11H2,1H3,(H,23,30)(H,24,27)(H,26,29). The molecule has 3 aliphatic carbocycles. The minimum atomic E-state index is -0.0326. The van der Waals surface area contributed by atoms with E-state index in [2.05, 4.69) is 33.1 Å². The molecule has 2 heterocycles. The van der Waals surface area contributed by atoms with Gasteiger partial charge in [0.05, 0.1) is 5.56 Å². The summed E-state index contributed by atoms with van der Waals surface area (Å²) in [7, 11) is 0. The average Bonchev–Trinajstić information content (AvgIpc) is 3.70. The van der Waals surface area contributed by atoms with Crippen LogP contribution in [-0.2, 0) is 24.2 Å². The lowest BCUT2D eigenvalue weighted by Crippen LogP contribution is -2.29. The van der Waals surface area contributed by atoms with Gasteiger partial charge in [0.25, 0.3) is 5.91 Å². The summed E-state index contributed by atoms with van der Waals surface area (Å²) in [5.41, 5.74) is 1.83. The lowest BCUT2D eigenvalue weighted by Gasteiger charge is -2.23. The summed E-state index contributed by atoms with van der Waals surface area (Å²) in [4.78, 5) is 26.8. The number of aryl methyl sites for hydroxylation is 2. The molecule has 3 N–H and O–H groups in total. The Morgan fingerprint density at radius 2 is 2.00 bits per heavy atom. The van der Waals surface area contributed by atoms with Crippen LogP contribution in [0.15, 0.2) is 6.33 Å². The van der Waals surface area contributed by atoms with Crippen LogP contribution in [0.3, 0.4) is 0 Å². The Bertz CT molecular complexity index is 975.